The molecule has 0 aromatic heterocycles. The minimum Gasteiger partial charge on any atom is -0.353 e. The van der Waals surface area contributed by atoms with Crippen molar-refractivity contribution < 1.29 is 0 Å². The molecular weight excluding hydrogens is 373 g/mol. The van der Waals surface area contributed by atoms with E-state index < -0.39 is 0 Å². The molecule has 3 nitrogen and oxygen atoms in total. The lowest BCUT2D eigenvalue weighted by Gasteiger charge is -2.34. The van der Waals surface area contributed by atoms with Gasteiger partial charge < -0.3 is 10.2 Å². The van der Waals surface area contributed by atoms with Gasteiger partial charge in [-0.3, -0.25) is 4.99 Å². The van der Waals surface area contributed by atoms with Gasteiger partial charge in [0, 0.05) is 26.7 Å². The quantitative estimate of drug-likeness (QED) is 0.364. The first kappa shape index (κ1) is 18.0. The van der Waals surface area contributed by atoms with Crippen molar-refractivity contribution in [2.45, 2.75) is 19.3 Å². The highest BCUT2D eigenvalue weighted by Crippen LogP contribution is 2.21. The van der Waals surface area contributed by atoms with Crippen LogP contribution in [0.1, 0.15) is 18.4 Å². The molecule has 2 rings (SSSR count). The first-order valence-corrected chi connectivity index (χ1v) is 7.44. The van der Waals surface area contributed by atoms with E-state index in [1.54, 1.807) is 0 Å². The zero-order valence-corrected chi connectivity index (χ0v) is 15.1. The number of rotatable bonds is 4. The Balaban J connectivity index is 0.00000220. The zero-order valence-electron chi connectivity index (χ0n) is 12.8. The molecule has 1 heterocycles. The molecule has 0 bridgehead atoms. The number of piperidine rings is 1. The SMILES string of the molecule is C=CCNC(=NC)N1CCC(Cc2ccccc2)CC1.I. The maximum Gasteiger partial charge on any atom is 0.193 e. The standard InChI is InChI=1S/C17H25N3.HI/c1-3-11-19-17(18-2)20-12-9-16(10-13-20)14-15-7-5-4-6-8-15;/h3-8,16H,1,9-14H2,2H3,(H,18,19);1H. The van der Waals surface area contributed by atoms with Crippen LogP contribution in [0.15, 0.2) is 48.0 Å². The van der Waals surface area contributed by atoms with Crippen LogP contribution >= 0.6 is 24.0 Å². The van der Waals surface area contributed by atoms with E-state index in [4.69, 9.17) is 0 Å². The van der Waals surface area contributed by atoms with Crippen LogP contribution in [0.4, 0.5) is 0 Å². The maximum atomic E-state index is 4.34. The molecule has 1 N–H and O–H groups in total. The molecule has 0 spiro atoms. The summed E-state index contributed by atoms with van der Waals surface area (Å²) in [5.41, 5.74) is 1.46. The summed E-state index contributed by atoms with van der Waals surface area (Å²) in [6.45, 7) is 6.69. The van der Waals surface area contributed by atoms with Crippen molar-refractivity contribution in [3.63, 3.8) is 0 Å². The van der Waals surface area contributed by atoms with Gasteiger partial charge in [0.2, 0.25) is 0 Å². The summed E-state index contributed by atoms with van der Waals surface area (Å²) in [7, 11) is 1.85. The lowest BCUT2D eigenvalue weighted by atomic mass is 9.90. The van der Waals surface area contributed by atoms with Crippen molar-refractivity contribution in [3.8, 4) is 0 Å². The summed E-state index contributed by atoms with van der Waals surface area (Å²) in [5, 5.41) is 3.31. The number of hydrogen-bond acceptors (Lipinski definition) is 1. The Morgan fingerprint density at radius 1 is 1.33 bits per heavy atom. The van der Waals surface area contributed by atoms with Crippen molar-refractivity contribution in [1.29, 1.82) is 0 Å². The van der Waals surface area contributed by atoms with Gasteiger partial charge in [-0.1, -0.05) is 36.4 Å². The molecule has 1 saturated heterocycles. The predicted molar refractivity (Wildman–Crippen MR) is 101 cm³/mol. The Morgan fingerprint density at radius 3 is 2.57 bits per heavy atom. The lowest BCUT2D eigenvalue weighted by Crippen LogP contribution is -2.45. The second kappa shape index (κ2) is 9.82. The fraction of sp³-hybridized carbons (Fsp3) is 0.471. The topological polar surface area (TPSA) is 27.6 Å². The van der Waals surface area contributed by atoms with E-state index in [0.717, 1.165) is 31.5 Å². The Morgan fingerprint density at radius 2 is 2.00 bits per heavy atom. The zero-order chi connectivity index (χ0) is 14.2. The van der Waals surface area contributed by atoms with E-state index >= 15 is 0 Å². The summed E-state index contributed by atoms with van der Waals surface area (Å²) in [4.78, 5) is 6.69. The van der Waals surface area contributed by atoms with Crippen molar-refractivity contribution in [2.24, 2.45) is 10.9 Å². The lowest BCUT2D eigenvalue weighted by molar-refractivity contribution is 0.259. The van der Waals surface area contributed by atoms with Gasteiger partial charge >= 0.3 is 0 Å². The van der Waals surface area contributed by atoms with Crippen molar-refractivity contribution in [2.75, 3.05) is 26.7 Å². The summed E-state index contributed by atoms with van der Waals surface area (Å²) in [6, 6.07) is 10.8. The summed E-state index contributed by atoms with van der Waals surface area (Å²) in [6.07, 6.45) is 5.55. The number of halogens is 1. The normalized spacial score (nSPS) is 16.2. The first-order valence-electron chi connectivity index (χ1n) is 7.44. The average molecular weight is 399 g/mol. The molecule has 4 heteroatoms. The maximum absolute atomic E-state index is 4.34. The smallest absolute Gasteiger partial charge is 0.193 e. The minimum absolute atomic E-state index is 0. The predicted octanol–water partition coefficient (Wildman–Crippen LogP) is 3.32. The molecule has 0 amide bonds. The van der Waals surface area contributed by atoms with Gasteiger partial charge in [-0.15, -0.1) is 30.6 Å². The molecule has 1 aromatic carbocycles. The Bertz CT molecular complexity index is 437. The second-order valence-electron chi connectivity index (χ2n) is 5.34. The number of nitrogens with one attached hydrogen (secondary N) is 1. The van der Waals surface area contributed by atoms with Crippen molar-refractivity contribution in [3.05, 3.63) is 48.6 Å². The number of aliphatic imine (C=N–C) groups is 1. The highest BCUT2D eigenvalue weighted by atomic mass is 127. The van der Waals surface area contributed by atoms with E-state index in [-0.39, 0.29) is 24.0 Å². The van der Waals surface area contributed by atoms with E-state index in [0.29, 0.717) is 0 Å². The Labute approximate surface area is 145 Å². The minimum atomic E-state index is 0. The molecule has 116 valence electrons. The van der Waals surface area contributed by atoms with Gasteiger partial charge in [-0.05, 0) is 30.7 Å². The summed E-state index contributed by atoms with van der Waals surface area (Å²) in [5.74, 6) is 1.80. The molecular formula is C17H26IN3. The average Bonchev–Trinajstić information content (AvgIpc) is 2.50. The molecule has 1 aliphatic rings. The van der Waals surface area contributed by atoms with Crippen molar-refractivity contribution in [1.82, 2.24) is 10.2 Å². The highest BCUT2D eigenvalue weighted by molar-refractivity contribution is 14.0. The molecule has 0 saturated carbocycles. The van der Waals surface area contributed by atoms with Gasteiger partial charge in [-0.2, -0.15) is 0 Å². The number of likely N-dealkylation sites (tertiary alicyclic amines) is 1. The van der Waals surface area contributed by atoms with Crippen LogP contribution in [-0.4, -0.2) is 37.5 Å². The third-order valence-corrected chi connectivity index (χ3v) is 3.90. The second-order valence-corrected chi connectivity index (χ2v) is 5.34. The van der Waals surface area contributed by atoms with E-state index in [2.05, 4.69) is 52.1 Å². The van der Waals surface area contributed by atoms with E-state index in [9.17, 15) is 0 Å². The molecule has 1 aromatic rings. The van der Waals surface area contributed by atoms with Crippen molar-refractivity contribution >= 4 is 29.9 Å². The van der Waals surface area contributed by atoms with Crippen LogP contribution in [-0.2, 0) is 6.42 Å². The molecule has 0 aliphatic carbocycles. The molecule has 0 atom stereocenters. The third kappa shape index (κ3) is 5.69. The summed E-state index contributed by atoms with van der Waals surface area (Å²) < 4.78 is 0. The monoisotopic (exact) mass is 399 g/mol. The van der Waals surface area contributed by atoms with Crippen LogP contribution in [0.2, 0.25) is 0 Å². The van der Waals surface area contributed by atoms with Gasteiger partial charge in [0.05, 0.1) is 0 Å². The number of benzene rings is 1. The molecule has 0 radical (unpaired) electrons. The van der Waals surface area contributed by atoms with Crippen LogP contribution in [0.25, 0.3) is 0 Å². The molecule has 0 unspecified atom stereocenters. The number of nitrogens with zero attached hydrogens (tertiary/aromatic N) is 2. The van der Waals surface area contributed by atoms with Crippen LogP contribution in [0, 0.1) is 5.92 Å². The van der Waals surface area contributed by atoms with Crippen LogP contribution in [0.3, 0.4) is 0 Å². The number of hydrogen-bond donors (Lipinski definition) is 1. The molecule has 21 heavy (non-hydrogen) atoms. The molecule has 1 aliphatic heterocycles. The highest BCUT2D eigenvalue weighted by Gasteiger charge is 2.21. The van der Waals surface area contributed by atoms with Crippen LogP contribution in [0.5, 0.6) is 0 Å². The third-order valence-electron chi connectivity index (χ3n) is 3.90. The van der Waals surface area contributed by atoms with Crippen LogP contribution < -0.4 is 5.32 Å². The largest absolute Gasteiger partial charge is 0.353 e. The summed E-state index contributed by atoms with van der Waals surface area (Å²) >= 11 is 0. The van der Waals surface area contributed by atoms with Gasteiger partial charge in [0.15, 0.2) is 5.96 Å². The Kier molecular flexibility index (Phi) is 8.42. The fourth-order valence-corrected chi connectivity index (χ4v) is 2.79. The number of guanidine groups is 1. The molecule has 1 fully saturated rings. The fourth-order valence-electron chi connectivity index (χ4n) is 2.79. The van der Waals surface area contributed by atoms with Gasteiger partial charge in [-0.25, -0.2) is 0 Å². The van der Waals surface area contributed by atoms with Gasteiger partial charge in [0.25, 0.3) is 0 Å². The first-order chi connectivity index (χ1) is 9.83. The van der Waals surface area contributed by atoms with E-state index in [1.807, 2.05) is 13.1 Å². The van der Waals surface area contributed by atoms with Gasteiger partial charge in [0.1, 0.15) is 0 Å². The van der Waals surface area contributed by atoms with E-state index in [1.165, 1.54) is 24.8 Å². The Hall–Kier alpha value is -1.04.